The van der Waals surface area contributed by atoms with Crippen LogP contribution in [-0.4, -0.2) is 63.9 Å². The number of rotatable bonds is 5. The van der Waals surface area contributed by atoms with Gasteiger partial charge in [0.05, 0.1) is 17.6 Å². The molecule has 4 saturated heterocycles. The molecule has 0 amide bonds. The van der Waals surface area contributed by atoms with Gasteiger partial charge in [0.25, 0.3) is 0 Å². The minimum absolute atomic E-state index is 0.348. The highest BCUT2D eigenvalue weighted by molar-refractivity contribution is 5.25. The lowest BCUT2D eigenvalue weighted by Gasteiger charge is -2.47. The molecule has 7 heteroatoms. The second kappa shape index (κ2) is 10.0. The molecule has 4 aliphatic rings. The molecule has 0 aliphatic carbocycles. The number of aromatic nitrogens is 3. The Morgan fingerprint density at radius 1 is 1.14 bits per heavy atom. The van der Waals surface area contributed by atoms with Crippen molar-refractivity contribution in [3.63, 3.8) is 0 Å². The summed E-state index contributed by atoms with van der Waals surface area (Å²) in [4.78, 5) is 2.91. The summed E-state index contributed by atoms with van der Waals surface area (Å²) in [5, 5.41) is 16.9. The van der Waals surface area contributed by atoms with E-state index in [4.69, 9.17) is 4.74 Å². The summed E-state index contributed by atoms with van der Waals surface area (Å²) in [5.74, 6) is 1.60. The molecule has 0 spiro atoms. The minimum atomic E-state index is 0.348. The molecule has 7 nitrogen and oxygen atoms in total. The molecule has 4 fully saturated rings. The molecule has 6 unspecified atom stereocenters. The van der Waals surface area contributed by atoms with Gasteiger partial charge in [-0.05, 0) is 57.4 Å². The van der Waals surface area contributed by atoms with Gasteiger partial charge in [-0.1, -0.05) is 47.7 Å². The van der Waals surface area contributed by atoms with Crippen molar-refractivity contribution in [2.75, 3.05) is 19.8 Å². The molecule has 5 heterocycles. The zero-order valence-electron chi connectivity index (χ0n) is 22.1. The Balaban J connectivity index is 1.41. The largest absolute Gasteiger partial charge is 0.381 e. The Bertz CT molecular complexity index is 1040. The topological polar surface area (TPSA) is 67.2 Å². The third-order valence-corrected chi connectivity index (χ3v) is 9.48. The highest BCUT2D eigenvalue weighted by atomic mass is 16.5. The maximum absolute atomic E-state index is 5.83. The number of ether oxygens (including phenoxy) is 1. The van der Waals surface area contributed by atoms with Gasteiger partial charge in [-0.2, -0.15) is 0 Å². The molecule has 2 aromatic rings. The van der Waals surface area contributed by atoms with Crippen molar-refractivity contribution in [1.82, 2.24) is 30.5 Å². The first-order valence-corrected chi connectivity index (χ1v) is 13.9. The first-order chi connectivity index (χ1) is 17.5. The van der Waals surface area contributed by atoms with Crippen LogP contribution in [0, 0.1) is 18.8 Å². The molecule has 7 atom stereocenters. The van der Waals surface area contributed by atoms with E-state index in [0.717, 1.165) is 44.7 Å². The lowest BCUT2D eigenvalue weighted by molar-refractivity contribution is -0.0107. The molecule has 4 aliphatic heterocycles. The molecule has 0 saturated carbocycles. The van der Waals surface area contributed by atoms with Crippen LogP contribution >= 0.6 is 0 Å². The number of benzene rings is 1. The van der Waals surface area contributed by atoms with Gasteiger partial charge in [0.15, 0.2) is 0 Å². The lowest BCUT2D eigenvalue weighted by atomic mass is 9.80. The average Bonchev–Trinajstić information content (AvgIpc) is 3.41. The summed E-state index contributed by atoms with van der Waals surface area (Å²) in [5.41, 5.74) is 5.05. The van der Waals surface area contributed by atoms with Gasteiger partial charge in [0.2, 0.25) is 0 Å². The highest BCUT2D eigenvalue weighted by Gasteiger charge is 2.56. The van der Waals surface area contributed by atoms with E-state index < -0.39 is 0 Å². The number of hydrogen-bond donors (Lipinski definition) is 2. The minimum Gasteiger partial charge on any atom is -0.381 e. The van der Waals surface area contributed by atoms with Crippen molar-refractivity contribution in [3.8, 4) is 0 Å². The fraction of sp³-hybridized carbons (Fsp3) is 0.655. The smallest absolute Gasteiger partial charge is 0.0831 e. The first kappa shape index (κ1) is 24.3. The first-order valence-electron chi connectivity index (χ1n) is 13.9. The number of nitrogens with zero attached hydrogens (tertiary/aromatic N) is 4. The van der Waals surface area contributed by atoms with Gasteiger partial charge in [0.1, 0.15) is 0 Å². The van der Waals surface area contributed by atoms with Crippen molar-refractivity contribution >= 4 is 0 Å². The van der Waals surface area contributed by atoms with Gasteiger partial charge in [-0.15, -0.1) is 5.10 Å². The predicted molar refractivity (Wildman–Crippen MR) is 141 cm³/mol. The molecule has 1 aromatic heterocycles. The number of hydrogen-bond acceptors (Lipinski definition) is 6. The molecular weight excluding hydrogens is 448 g/mol. The van der Waals surface area contributed by atoms with E-state index in [2.05, 4.69) is 76.6 Å². The molecule has 0 radical (unpaired) electrons. The Morgan fingerprint density at radius 3 is 2.61 bits per heavy atom. The van der Waals surface area contributed by atoms with Gasteiger partial charge in [0, 0.05) is 62.8 Å². The van der Waals surface area contributed by atoms with Crippen LogP contribution in [-0.2, 0) is 11.8 Å². The standard InChI is InChI=1S/C29H42N6O/c1-18(2)24-11-10-23-26-25(16-22(17-30-26)27-19(3)32-33-34(27)4)35(29(23)31-24)28(20-8-6-5-7-9-20)21-12-14-36-15-13-21/h5-9,21-26,28-31H,1,10-17H2,2-4H3/t22?,23?,24?,25?,26?,28-,29?/m1/s1. The van der Waals surface area contributed by atoms with Gasteiger partial charge >= 0.3 is 0 Å². The Kier molecular flexibility index (Phi) is 6.75. The third kappa shape index (κ3) is 4.24. The zero-order valence-corrected chi connectivity index (χ0v) is 22.1. The van der Waals surface area contributed by atoms with E-state index in [-0.39, 0.29) is 0 Å². The summed E-state index contributed by atoms with van der Waals surface area (Å²) in [6, 6.07) is 13.0. The van der Waals surface area contributed by atoms with Crippen molar-refractivity contribution in [1.29, 1.82) is 0 Å². The molecule has 0 bridgehead atoms. The van der Waals surface area contributed by atoms with Crippen LogP contribution in [0.3, 0.4) is 0 Å². The predicted octanol–water partition coefficient (Wildman–Crippen LogP) is 3.69. The fourth-order valence-corrected chi connectivity index (χ4v) is 7.87. The van der Waals surface area contributed by atoms with Gasteiger partial charge in [-0.3, -0.25) is 14.9 Å². The van der Waals surface area contributed by atoms with Crippen molar-refractivity contribution in [2.45, 2.75) is 82.2 Å². The fourth-order valence-electron chi connectivity index (χ4n) is 7.87. The lowest BCUT2D eigenvalue weighted by Crippen LogP contribution is -2.56. The van der Waals surface area contributed by atoms with E-state index >= 15 is 0 Å². The number of likely N-dealkylation sites (tertiary alicyclic amines) is 1. The summed E-state index contributed by atoms with van der Waals surface area (Å²) in [7, 11) is 2.04. The van der Waals surface area contributed by atoms with Gasteiger partial charge < -0.3 is 10.1 Å². The molecule has 194 valence electrons. The molecule has 2 N–H and O–H groups in total. The third-order valence-electron chi connectivity index (χ3n) is 9.48. The van der Waals surface area contributed by atoms with Crippen molar-refractivity contribution in [3.05, 3.63) is 59.4 Å². The molecule has 6 rings (SSSR count). The van der Waals surface area contributed by atoms with Crippen LogP contribution in [0.5, 0.6) is 0 Å². The second-order valence-corrected chi connectivity index (χ2v) is 11.6. The van der Waals surface area contributed by atoms with Crippen LogP contribution in [0.1, 0.15) is 67.9 Å². The molecule has 1 aromatic carbocycles. The Hall–Kier alpha value is -2.06. The van der Waals surface area contributed by atoms with Crippen LogP contribution in [0.15, 0.2) is 42.5 Å². The Morgan fingerprint density at radius 2 is 1.92 bits per heavy atom. The summed E-state index contributed by atoms with van der Waals surface area (Å²) in [6.45, 7) is 11.4. The maximum Gasteiger partial charge on any atom is 0.0831 e. The van der Waals surface area contributed by atoms with E-state index in [1.807, 2.05) is 11.7 Å². The van der Waals surface area contributed by atoms with Crippen LogP contribution < -0.4 is 10.6 Å². The highest BCUT2D eigenvalue weighted by Crippen LogP contribution is 2.49. The summed E-state index contributed by atoms with van der Waals surface area (Å²) >= 11 is 0. The van der Waals surface area contributed by atoms with E-state index in [1.165, 1.54) is 29.7 Å². The average molecular weight is 491 g/mol. The molecule has 36 heavy (non-hydrogen) atoms. The van der Waals surface area contributed by atoms with Crippen LogP contribution in [0.25, 0.3) is 0 Å². The summed E-state index contributed by atoms with van der Waals surface area (Å²) in [6.07, 6.45) is 6.15. The number of piperidine rings is 2. The van der Waals surface area contributed by atoms with Crippen molar-refractivity contribution in [2.24, 2.45) is 18.9 Å². The summed E-state index contributed by atoms with van der Waals surface area (Å²) < 4.78 is 7.82. The molecular formula is C29H42N6O. The zero-order chi connectivity index (χ0) is 24.8. The maximum atomic E-state index is 5.83. The monoisotopic (exact) mass is 490 g/mol. The van der Waals surface area contributed by atoms with E-state index in [9.17, 15) is 0 Å². The number of fused-ring (bicyclic) bond motifs is 3. The van der Waals surface area contributed by atoms with E-state index in [0.29, 0.717) is 48.1 Å². The SMILES string of the molecule is C=C(C)C1CCC2C3NCC(c4c(C)nnn4C)CC3N([C@H](c3ccccc3)C3CCOCC3)C2N1. The normalized spacial score (nSPS) is 34.2. The number of aryl methyl sites for hydroxylation is 2. The van der Waals surface area contributed by atoms with Crippen LogP contribution in [0.4, 0.5) is 0 Å². The second-order valence-electron chi connectivity index (χ2n) is 11.6. The van der Waals surface area contributed by atoms with E-state index in [1.54, 1.807) is 0 Å². The quantitative estimate of drug-likeness (QED) is 0.623. The van der Waals surface area contributed by atoms with Crippen molar-refractivity contribution < 1.29 is 4.74 Å². The van der Waals surface area contributed by atoms with Crippen LogP contribution in [0.2, 0.25) is 0 Å². The number of nitrogens with one attached hydrogen (secondary N) is 2. The Labute approximate surface area is 215 Å². The van der Waals surface area contributed by atoms with Gasteiger partial charge in [-0.25, -0.2) is 0 Å².